The number of halogens is 2. The summed E-state index contributed by atoms with van der Waals surface area (Å²) in [5.74, 6) is -1.50. The molecule has 19 heavy (non-hydrogen) atoms. The lowest BCUT2D eigenvalue weighted by Crippen LogP contribution is -1.97. The third-order valence-corrected chi connectivity index (χ3v) is 2.50. The number of ether oxygens (including phenoxy) is 1. The Balaban J connectivity index is 2.46. The van der Waals surface area contributed by atoms with Gasteiger partial charge in [-0.15, -0.1) is 0 Å². The second kappa shape index (κ2) is 5.44. The van der Waals surface area contributed by atoms with Gasteiger partial charge in [0, 0.05) is 5.56 Å². The van der Waals surface area contributed by atoms with Gasteiger partial charge in [-0.2, -0.15) is 5.26 Å². The maximum absolute atomic E-state index is 13.2. The van der Waals surface area contributed by atoms with Gasteiger partial charge in [0.25, 0.3) is 0 Å². The van der Waals surface area contributed by atoms with E-state index in [4.69, 9.17) is 10.00 Å². The number of nitrogens with zero attached hydrogens (tertiary/aromatic N) is 2. The third-order valence-electron chi connectivity index (χ3n) is 2.50. The first-order valence-corrected chi connectivity index (χ1v) is 5.64. The molecule has 0 radical (unpaired) electrons. The van der Waals surface area contributed by atoms with Crippen LogP contribution in [0.1, 0.15) is 12.5 Å². The minimum Gasteiger partial charge on any atom is -0.491 e. The van der Waals surface area contributed by atoms with E-state index in [-0.39, 0.29) is 0 Å². The largest absolute Gasteiger partial charge is 0.491 e. The van der Waals surface area contributed by atoms with Crippen molar-refractivity contribution in [3.05, 3.63) is 47.7 Å². The smallest absolute Gasteiger partial charge is 0.159 e. The van der Waals surface area contributed by atoms with Crippen LogP contribution < -0.4 is 4.74 Å². The lowest BCUT2D eigenvalue weighted by Gasteiger charge is -2.07. The van der Waals surface area contributed by atoms with Crippen molar-refractivity contribution in [1.82, 2.24) is 4.98 Å². The molecule has 0 aliphatic carbocycles. The van der Waals surface area contributed by atoms with Gasteiger partial charge in [0.2, 0.25) is 0 Å². The molecular formula is C14H10F2N2O. The fraction of sp³-hybridized carbons (Fsp3) is 0.143. The van der Waals surface area contributed by atoms with Crippen molar-refractivity contribution in [3.8, 4) is 23.1 Å². The molecule has 0 N–H and O–H groups in total. The van der Waals surface area contributed by atoms with Crippen molar-refractivity contribution in [2.75, 3.05) is 6.61 Å². The molecule has 1 heterocycles. The van der Waals surface area contributed by atoms with Crippen molar-refractivity contribution in [2.45, 2.75) is 6.92 Å². The van der Waals surface area contributed by atoms with Gasteiger partial charge in [0.15, 0.2) is 17.4 Å². The summed E-state index contributed by atoms with van der Waals surface area (Å²) >= 11 is 0. The van der Waals surface area contributed by atoms with E-state index in [0.29, 0.717) is 29.2 Å². The lowest BCUT2D eigenvalue weighted by atomic mass is 10.1. The second-order valence-corrected chi connectivity index (χ2v) is 3.74. The highest BCUT2D eigenvalue weighted by Crippen LogP contribution is 2.24. The van der Waals surface area contributed by atoms with Crippen molar-refractivity contribution in [2.24, 2.45) is 0 Å². The van der Waals surface area contributed by atoms with Crippen LogP contribution in [0.4, 0.5) is 8.78 Å². The van der Waals surface area contributed by atoms with E-state index < -0.39 is 11.6 Å². The fourth-order valence-corrected chi connectivity index (χ4v) is 1.61. The molecule has 0 atom stereocenters. The first-order chi connectivity index (χ1) is 9.15. The summed E-state index contributed by atoms with van der Waals surface area (Å²) in [6.45, 7) is 2.21. The molecule has 0 aliphatic rings. The van der Waals surface area contributed by atoms with Crippen LogP contribution in [0.5, 0.6) is 5.75 Å². The maximum Gasteiger partial charge on any atom is 0.159 e. The van der Waals surface area contributed by atoms with Crippen molar-refractivity contribution in [3.63, 3.8) is 0 Å². The van der Waals surface area contributed by atoms with E-state index >= 15 is 0 Å². The van der Waals surface area contributed by atoms with Gasteiger partial charge < -0.3 is 4.74 Å². The highest BCUT2D eigenvalue weighted by molar-refractivity contribution is 5.62. The summed E-state index contributed by atoms with van der Waals surface area (Å²) in [6, 6.07) is 6.94. The number of hydrogen-bond acceptors (Lipinski definition) is 3. The minimum absolute atomic E-state index is 0.302. The average molecular weight is 260 g/mol. The molecule has 2 rings (SSSR count). The number of pyridine rings is 1. The third kappa shape index (κ3) is 2.68. The van der Waals surface area contributed by atoms with E-state index in [1.165, 1.54) is 18.3 Å². The summed E-state index contributed by atoms with van der Waals surface area (Å²) in [5.41, 5.74) is 1.09. The van der Waals surface area contributed by atoms with E-state index in [1.807, 2.05) is 6.07 Å². The molecule has 0 amide bonds. The molecule has 0 saturated heterocycles. The predicted octanol–water partition coefficient (Wildman–Crippen LogP) is 3.30. The standard InChI is InChI=1S/C14H10F2N2O/c1-2-19-14-8-18-13(6-10(14)7-17)9-3-4-11(15)12(16)5-9/h3-6,8H,2H2,1H3. The van der Waals surface area contributed by atoms with E-state index in [2.05, 4.69) is 4.98 Å². The topological polar surface area (TPSA) is 45.9 Å². The molecule has 0 unspecified atom stereocenters. The molecule has 1 aromatic heterocycles. The number of rotatable bonds is 3. The van der Waals surface area contributed by atoms with Gasteiger partial charge in [-0.3, -0.25) is 4.98 Å². The molecule has 0 saturated carbocycles. The summed E-state index contributed by atoms with van der Waals surface area (Å²) in [5, 5.41) is 9.02. The van der Waals surface area contributed by atoms with E-state index in [9.17, 15) is 8.78 Å². The van der Waals surface area contributed by atoms with Crippen molar-refractivity contribution < 1.29 is 13.5 Å². The quantitative estimate of drug-likeness (QED) is 0.850. The highest BCUT2D eigenvalue weighted by Gasteiger charge is 2.09. The molecule has 3 nitrogen and oxygen atoms in total. The molecule has 1 aromatic carbocycles. The van der Waals surface area contributed by atoms with Crippen LogP contribution >= 0.6 is 0 Å². The van der Waals surface area contributed by atoms with Crippen LogP contribution in [0.3, 0.4) is 0 Å². The van der Waals surface area contributed by atoms with E-state index in [1.54, 1.807) is 6.92 Å². The number of benzene rings is 1. The van der Waals surface area contributed by atoms with Gasteiger partial charge in [-0.1, -0.05) is 0 Å². The Labute approximate surface area is 109 Å². The van der Waals surface area contributed by atoms with Gasteiger partial charge in [0.05, 0.1) is 24.1 Å². The summed E-state index contributed by atoms with van der Waals surface area (Å²) < 4.78 is 31.3. The van der Waals surface area contributed by atoms with Crippen molar-refractivity contribution >= 4 is 0 Å². The zero-order chi connectivity index (χ0) is 13.8. The SMILES string of the molecule is CCOc1cnc(-c2ccc(F)c(F)c2)cc1C#N. The average Bonchev–Trinajstić information content (AvgIpc) is 2.42. The van der Waals surface area contributed by atoms with E-state index in [0.717, 1.165) is 12.1 Å². The Bertz CT molecular complexity index is 650. The number of aromatic nitrogens is 1. The van der Waals surface area contributed by atoms with Crippen LogP contribution in [-0.4, -0.2) is 11.6 Å². The summed E-state index contributed by atoms with van der Waals surface area (Å²) in [7, 11) is 0. The summed E-state index contributed by atoms with van der Waals surface area (Å²) in [4.78, 5) is 4.08. The molecule has 0 fully saturated rings. The van der Waals surface area contributed by atoms with Gasteiger partial charge in [-0.05, 0) is 31.2 Å². The molecule has 96 valence electrons. The Morgan fingerprint density at radius 3 is 2.68 bits per heavy atom. The Morgan fingerprint density at radius 1 is 1.26 bits per heavy atom. The number of hydrogen-bond donors (Lipinski definition) is 0. The first kappa shape index (κ1) is 13.0. The monoisotopic (exact) mass is 260 g/mol. The van der Waals surface area contributed by atoms with Gasteiger partial charge in [0.1, 0.15) is 6.07 Å². The molecule has 0 bridgehead atoms. The Kier molecular flexibility index (Phi) is 3.71. The lowest BCUT2D eigenvalue weighted by molar-refractivity contribution is 0.338. The molecule has 5 heteroatoms. The minimum atomic E-state index is -0.952. The normalized spacial score (nSPS) is 10.0. The van der Waals surface area contributed by atoms with Crippen LogP contribution in [0.2, 0.25) is 0 Å². The molecular weight excluding hydrogens is 250 g/mol. The molecule has 0 spiro atoms. The molecule has 2 aromatic rings. The predicted molar refractivity (Wildman–Crippen MR) is 65.5 cm³/mol. The Morgan fingerprint density at radius 2 is 2.05 bits per heavy atom. The van der Waals surface area contributed by atoms with Crippen LogP contribution in [-0.2, 0) is 0 Å². The highest BCUT2D eigenvalue weighted by atomic mass is 19.2. The summed E-state index contributed by atoms with van der Waals surface area (Å²) in [6.07, 6.45) is 1.40. The maximum atomic E-state index is 13.2. The van der Waals surface area contributed by atoms with Gasteiger partial charge >= 0.3 is 0 Å². The second-order valence-electron chi connectivity index (χ2n) is 3.74. The van der Waals surface area contributed by atoms with Gasteiger partial charge in [-0.25, -0.2) is 8.78 Å². The fourth-order valence-electron chi connectivity index (χ4n) is 1.61. The van der Waals surface area contributed by atoms with Crippen LogP contribution in [0.25, 0.3) is 11.3 Å². The zero-order valence-electron chi connectivity index (χ0n) is 10.2. The van der Waals surface area contributed by atoms with Crippen LogP contribution in [0, 0.1) is 23.0 Å². The molecule has 0 aliphatic heterocycles. The Hall–Kier alpha value is -2.48. The number of nitriles is 1. The zero-order valence-corrected chi connectivity index (χ0v) is 10.2. The van der Waals surface area contributed by atoms with Crippen LogP contribution in [0.15, 0.2) is 30.5 Å². The van der Waals surface area contributed by atoms with Crippen molar-refractivity contribution in [1.29, 1.82) is 5.26 Å². The first-order valence-electron chi connectivity index (χ1n) is 5.64.